The van der Waals surface area contributed by atoms with Gasteiger partial charge in [-0.3, -0.25) is 0 Å². The lowest BCUT2D eigenvalue weighted by molar-refractivity contribution is 0.0197. The first-order valence-corrected chi connectivity index (χ1v) is 9.16. The minimum absolute atomic E-state index is 0.146. The molecular weight excluding hydrogens is 276 g/mol. The molecule has 4 fully saturated rings. The van der Waals surface area contributed by atoms with Crippen molar-refractivity contribution in [2.75, 3.05) is 13.1 Å². The molecule has 4 atom stereocenters. The van der Waals surface area contributed by atoms with Crippen LogP contribution in [0.2, 0.25) is 0 Å². The quantitative estimate of drug-likeness (QED) is 0.852. The lowest BCUT2D eigenvalue weighted by atomic mass is 10.0. The van der Waals surface area contributed by atoms with E-state index in [2.05, 4.69) is 5.32 Å². The second-order valence-corrected chi connectivity index (χ2v) is 8.92. The van der Waals surface area contributed by atoms with E-state index in [1.165, 1.54) is 19.3 Å². The Morgan fingerprint density at radius 1 is 1.05 bits per heavy atom. The van der Waals surface area contributed by atoms with Gasteiger partial charge in [0.15, 0.2) is 0 Å². The first-order chi connectivity index (χ1) is 10.4. The number of fused-ring (bicyclic) bond motifs is 5. The van der Waals surface area contributed by atoms with Crippen molar-refractivity contribution in [1.82, 2.24) is 10.2 Å². The van der Waals surface area contributed by atoms with E-state index in [9.17, 15) is 4.79 Å². The summed E-state index contributed by atoms with van der Waals surface area (Å²) in [6.45, 7) is 7.46. The van der Waals surface area contributed by atoms with Crippen molar-refractivity contribution in [2.24, 2.45) is 23.7 Å². The maximum absolute atomic E-state index is 12.1. The number of ether oxygens (including phenoxy) is 1. The third-order valence-electron chi connectivity index (χ3n) is 6.31. The Morgan fingerprint density at radius 3 is 2.18 bits per heavy atom. The van der Waals surface area contributed by atoms with Crippen molar-refractivity contribution < 1.29 is 9.53 Å². The highest BCUT2D eigenvalue weighted by Gasteiger charge is 2.65. The van der Waals surface area contributed by atoms with Crippen molar-refractivity contribution in [3.05, 3.63) is 0 Å². The van der Waals surface area contributed by atoms with Crippen LogP contribution >= 0.6 is 0 Å². The van der Waals surface area contributed by atoms with Crippen LogP contribution in [0.1, 0.15) is 52.9 Å². The summed E-state index contributed by atoms with van der Waals surface area (Å²) in [7, 11) is 0. The molecule has 1 amide bonds. The van der Waals surface area contributed by atoms with Crippen LogP contribution in [0, 0.1) is 23.7 Å². The highest BCUT2D eigenvalue weighted by molar-refractivity contribution is 5.68. The standard InChI is InChI=1S/C18H30N2O2/c1-18(2,3)22-17(21)20-8-6-13(7-9-20)19-16-14-11-4-5-12(10-11)15(14)16/h11-16,19H,4-10H2,1-3H3. The van der Waals surface area contributed by atoms with Gasteiger partial charge in [0.2, 0.25) is 0 Å². The van der Waals surface area contributed by atoms with E-state index < -0.39 is 5.60 Å². The average Bonchev–Trinajstić information content (AvgIpc) is 2.83. The number of nitrogens with one attached hydrogen (secondary N) is 1. The molecule has 2 bridgehead atoms. The van der Waals surface area contributed by atoms with Crippen molar-refractivity contribution in [3.63, 3.8) is 0 Å². The summed E-state index contributed by atoms with van der Waals surface area (Å²) in [4.78, 5) is 14.0. The van der Waals surface area contributed by atoms with Gasteiger partial charge in [0, 0.05) is 25.2 Å². The molecule has 3 aliphatic carbocycles. The number of likely N-dealkylation sites (tertiary alicyclic amines) is 1. The van der Waals surface area contributed by atoms with Crippen LogP contribution in [-0.4, -0.2) is 41.8 Å². The summed E-state index contributed by atoms with van der Waals surface area (Å²) < 4.78 is 5.47. The first kappa shape index (κ1) is 14.8. The zero-order valence-electron chi connectivity index (χ0n) is 14.2. The molecule has 1 saturated heterocycles. The van der Waals surface area contributed by atoms with Crippen molar-refractivity contribution in [3.8, 4) is 0 Å². The zero-order chi connectivity index (χ0) is 15.5. The molecule has 4 rings (SSSR count). The zero-order valence-corrected chi connectivity index (χ0v) is 14.2. The van der Waals surface area contributed by atoms with Gasteiger partial charge in [0.05, 0.1) is 0 Å². The molecule has 1 aliphatic heterocycles. The van der Waals surface area contributed by atoms with Crippen LogP contribution in [-0.2, 0) is 4.74 Å². The molecule has 22 heavy (non-hydrogen) atoms. The maximum Gasteiger partial charge on any atom is 0.410 e. The minimum Gasteiger partial charge on any atom is -0.444 e. The highest BCUT2D eigenvalue weighted by atomic mass is 16.6. The predicted molar refractivity (Wildman–Crippen MR) is 85.6 cm³/mol. The van der Waals surface area contributed by atoms with E-state index in [0.717, 1.165) is 55.6 Å². The molecule has 124 valence electrons. The summed E-state index contributed by atoms with van der Waals surface area (Å²) in [5.74, 6) is 4.08. The van der Waals surface area contributed by atoms with E-state index in [1.54, 1.807) is 0 Å². The third-order valence-corrected chi connectivity index (χ3v) is 6.31. The van der Waals surface area contributed by atoms with Crippen molar-refractivity contribution >= 4 is 6.09 Å². The first-order valence-electron chi connectivity index (χ1n) is 9.16. The molecule has 4 aliphatic rings. The fourth-order valence-electron chi connectivity index (χ4n) is 5.38. The van der Waals surface area contributed by atoms with Crippen molar-refractivity contribution in [2.45, 2.75) is 70.6 Å². The molecule has 1 heterocycles. The van der Waals surface area contributed by atoms with Gasteiger partial charge in [-0.1, -0.05) is 0 Å². The normalized spacial score (nSPS) is 40.7. The number of carbonyl (C=O) groups is 1. The SMILES string of the molecule is CC(C)(C)OC(=O)N1CCC(NC2C3C4CCC(C4)C23)CC1. The van der Waals surface area contributed by atoms with Crippen LogP contribution in [0.4, 0.5) is 4.79 Å². The van der Waals surface area contributed by atoms with Gasteiger partial charge in [-0.15, -0.1) is 0 Å². The molecule has 3 saturated carbocycles. The Morgan fingerprint density at radius 2 is 1.64 bits per heavy atom. The van der Waals surface area contributed by atoms with Crippen LogP contribution in [0.5, 0.6) is 0 Å². The summed E-state index contributed by atoms with van der Waals surface area (Å²) in [5.41, 5.74) is -0.392. The summed E-state index contributed by atoms with van der Waals surface area (Å²) in [5, 5.41) is 3.92. The van der Waals surface area contributed by atoms with E-state index in [-0.39, 0.29) is 6.09 Å². The Hall–Kier alpha value is -0.770. The number of nitrogens with zero attached hydrogens (tertiary/aromatic N) is 1. The fraction of sp³-hybridized carbons (Fsp3) is 0.944. The number of rotatable bonds is 2. The van der Waals surface area contributed by atoms with Gasteiger partial charge in [-0.2, -0.15) is 0 Å². The Kier molecular flexibility index (Phi) is 3.44. The van der Waals surface area contributed by atoms with E-state index in [4.69, 9.17) is 4.74 Å². The Bertz CT molecular complexity index is 434. The monoisotopic (exact) mass is 306 g/mol. The van der Waals surface area contributed by atoms with Gasteiger partial charge in [-0.25, -0.2) is 4.79 Å². The molecule has 4 heteroatoms. The number of carbonyl (C=O) groups excluding carboxylic acids is 1. The number of hydrogen-bond acceptors (Lipinski definition) is 3. The summed E-state index contributed by atoms with van der Waals surface area (Å²) >= 11 is 0. The van der Waals surface area contributed by atoms with Crippen LogP contribution in [0.25, 0.3) is 0 Å². The molecule has 1 N–H and O–H groups in total. The minimum atomic E-state index is -0.392. The predicted octanol–water partition coefficient (Wildman–Crippen LogP) is 3.02. The summed E-state index contributed by atoms with van der Waals surface area (Å²) in [6.07, 6.45) is 6.49. The van der Waals surface area contributed by atoms with Gasteiger partial charge in [0.25, 0.3) is 0 Å². The smallest absolute Gasteiger partial charge is 0.410 e. The summed E-state index contributed by atoms with van der Waals surface area (Å²) in [6, 6.07) is 1.41. The second-order valence-electron chi connectivity index (χ2n) is 8.92. The highest BCUT2D eigenvalue weighted by Crippen LogP contribution is 2.65. The van der Waals surface area contributed by atoms with E-state index in [0.29, 0.717) is 6.04 Å². The largest absolute Gasteiger partial charge is 0.444 e. The molecule has 0 aromatic carbocycles. The Balaban J connectivity index is 1.23. The van der Waals surface area contributed by atoms with Crippen molar-refractivity contribution in [1.29, 1.82) is 0 Å². The molecule has 0 aromatic rings. The van der Waals surface area contributed by atoms with Gasteiger partial charge >= 0.3 is 6.09 Å². The van der Waals surface area contributed by atoms with Gasteiger partial charge < -0.3 is 15.0 Å². The second kappa shape index (κ2) is 5.12. The fourth-order valence-corrected chi connectivity index (χ4v) is 5.38. The van der Waals surface area contributed by atoms with E-state index in [1.807, 2.05) is 25.7 Å². The Labute approximate surface area is 134 Å². The topological polar surface area (TPSA) is 41.6 Å². The molecule has 4 unspecified atom stereocenters. The number of amides is 1. The van der Waals surface area contributed by atoms with Gasteiger partial charge in [0.1, 0.15) is 5.60 Å². The number of piperidine rings is 1. The molecule has 4 nitrogen and oxygen atoms in total. The number of hydrogen-bond donors (Lipinski definition) is 1. The molecule has 0 radical (unpaired) electrons. The molecule has 0 aromatic heterocycles. The van der Waals surface area contributed by atoms with Crippen LogP contribution in [0.15, 0.2) is 0 Å². The molecular formula is C18H30N2O2. The van der Waals surface area contributed by atoms with Crippen LogP contribution < -0.4 is 5.32 Å². The maximum atomic E-state index is 12.1. The van der Waals surface area contributed by atoms with Gasteiger partial charge in [-0.05, 0) is 76.5 Å². The molecule has 0 spiro atoms. The average molecular weight is 306 g/mol. The third kappa shape index (κ3) is 2.64. The van der Waals surface area contributed by atoms with E-state index >= 15 is 0 Å². The lowest BCUT2D eigenvalue weighted by Crippen LogP contribution is -2.47. The van der Waals surface area contributed by atoms with Crippen LogP contribution in [0.3, 0.4) is 0 Å². The lowest BCUT2D eigenvalue weighted by Gasteiger charge is -2.34.